The van der Waals surface area contributed by atoms with Gasteiger partial charge in [-0.05, 0) is 31.5 Å². The van der Waals surface area contributed by atoms with Crippen LogP contribution in [0.4, 0.5) is 5.69 Å². The summed E-state index contributed by atoms with van der Waals surface area (Å²) in [6, 6.07) is 14.2. The summed E-state index contributed by atoms with van der Waals surface area (Å²) in [6.45, 7) is 3.66. The first-order valence-corrected chi connectivity index (χ1v) is 8.98. The van der Waals surface area contributed by atoms with Gasteiger partial charge in [-0.15, -0.1) is 0 Å². The van der Waals surface area contributed by atoms with Crippen molar-refractivity contribution in [2.24, 2.45) is 0 Å². The molecule has 1 atom stereocenters. The standard InChI is InChI=1S/C22H21N3O4/c1-14-9-10-19(28-3)17(11-14)25-21(26)20(16-7-5-4-6-8-16)29-22(27)18-13-23-15(2)12-24-18/h4-13,20H,1-3H3,(H,25,26)/t20-/m1/s1. The molecular formula is C22H21N3O4. The van der Waals surface area contributed by atoms with Crippen LogP contribution in [-0.2, 0) is 9.53 Å². The van der Waals surface area contributed by atoms with E-state index < -0.39 is 18.0 Å². The van der Waals surface area contributed by atoms with Crippen LogP contribution in [0.15, 0.2) is 60.9 Å². The van der Waals surface area contributed by atoms with Gasteiger partial charge in [-0.2, -0.15) is 0 Å². The fourth-order valence-electron chi connectivity index (χ4n) is 2.68. The Labute approximate surface area is 168 Å². The summed E-state index contributed by atoms with van der Waals surface area (Å²) in [7, 11) is 1.52. The molecule has 0 spiro atoms. The predicted molar refractivity (Wildman–Crippen MR) is 108 cm³/mol. The second kappa shape index (κ2) is 8.97. The molecule has 1 aromatic heterocycles. The monoisotopic (exact) mass is 391 g/mol. The first-order valence-electron chi connectivity index (χ1n) is 8.98. The lowest BCUT2D eigenvalue weighted by Crippen LogP contribution is -2.26. The predicted octanol–water partition coefficient (Wildman–Crippen LogP) is 3.64. The molecule has 0 saturated carbocycles. The van der Waals surface area contributed by atoms with Crippen molar-refractivity contribution in [3.8, 4) is 5.75 Å². The van der Waals surface area contributed by atoms with Gasteiger partial charge in [0.15, 0.2) is 5.69 Å². The van der Waals surface area contributed by atoms with E-state index in [0.717, 1.165) is 5.56 Å². The molecule has 1 N–H and O–H groups in total. The number of nitrogens with one attached hydrogen (secondary N) is 1. The Hall–Kier alpha value is -3.74. The second-order valence-corrected chi connectivity index (χ2v) is 6.43. The Kier molecular flexibility index (Phi) is 6.19. The Morgan fingerprint density at radius 3 is 2.41 bits per heavy atom. The maximum atomic E-state index is 13.0. The first-order chi connectivity index (χ1) is 14.0. The summed E-state index contributed by atoms with van der Waals surface area (Å²) < 4.78 is 10.8. The molecule has 1 amide bonds. The molecule has 148 valence electrons. The van der Waals surface area contributed by atoms with Crippen LogP contribution in [0.5, 0.6) is 5.75 Å². The third kappa shape index (κ3) is 4.95. The quantitative estimate of drug-likeness (QED) is 0.645. The molecule has 0 saturated heterocycles. The molecule has 7 nitrogen and oxygen atoms in total. The third-order valence-electron chi connectivity index (χ3n) is 4.17. The second-order valence-electron chi connectivity index (χ2n) is 6.43. The minimum absolute atomic E-state index is 0.0254. The molecule has 29 heavy (non-hydrogen) atoms. The Balaban J connectivity index is 1.88. The highest BCUT2D eigenvalue weighted by atomic mass is 16.5. The van der Waals surface area contributed by atoms with Crippen LogP contribution >= 0.6 is 0 Å². The summed E-state index contributed by atoms with van der Waals surface area (Å²) in [4.78, 5) is 33.6. The van der Waals surface area contributed by atoms with Gasteiger partial charge in [-0.3, -0.25) is 9.78 Å². The number of hydrogen-bond donors (Lipinski definition) is 1. The van der Waals surface area contributed by atoms with Gasteiger partial charge in [0.25, 0.3) is 5.91 Å². The molecule has 0 bridgehead atoms. The summed E-state index contributed by atoms with van der Waals surface area (Å²) in [5, 5.41) is 2.79. The van der Waals surface area contributed by atoms with Crippen molar-refractivity contribution in [3.05, 3.63) is 83.4 Å². The van der Waals surface area contributed by atoms with Crippen molar-refractivity contribution in [2.45, 2.75) is 20.0 Å². The Morgan fingerprint density at radius 1 is 1.00 bits per heavy atom. The molecular weight excluding hydrogens is 370 g/mol. The number of benzene rings is 2. The van der Waals surface area contributed by atoms with Crippen LogP contribution in [0.1, 0.15) is 33.4 Å². The van der Waals surface area contributed by atoms with Crippen LogP contribution in [0.3, 0.4) is 0 Å². The van der Waals surface area contributed by atoms with Crippen molar-refractivity contribution < 1.29 is 19.1 Å². The number of methoxy groups -OCH3 is 1. The number of aryl methyl sites for hydroxylation is 2. The van der Waals surface area contributed by atoms with Gasteiger partial charge in [0.05, 0.1) is 24.7 Å². The fraction of sp³-hybridized carbons (Fsp3) is 0.182. The number of hydrogen-bond acceptors (Lipinski definition) is 6. The molecule has 7 heteroatoms. The van der Waals surface area contributed by atoms with Gasteiger partial charge in [-0.1, -0.05) is 36.4 Å². The van der Waals surface area contributed by atoms with Crippen molar-refractivity contribution in [1.82, 2.24) is 9.97 Å². The van der Waals surface area contributed by atoms with E-state index in [2.05, 4.69) is 15.3 Å². The zero-order chi connectivity index (χ0) is 20.8. The molecule has 0 aliphatic heterocycles. The molecule has 1 heterocycles. The molecule has 0 fully saturated rings. The first kappa shape index (κ1) is 20.0. The lowest BCUT2D eigenvalue weighted by atomic mass is 10.1. The smallest absolute Gasteiger partial charge is 0.359 e. The highest BCUT2D eigenvalue weighted by molar-refractivity contribution is 5.98. The number of esters is 1. The number of nitrogens with zero attached hydrogens (tertiary/aromatic N) is 2. The van der Waals surface area contributed by atoms with E-state index in [4.69, 9.17) is 9.47 Å². The maximum absolute atomic E-state index is 13.0. The van der Waals surface area contributed by atoms with Gasteiger partial charge < -0.3 is 14.8 Å². The van der Waals surface area contributed by atoms with Gasteiger partial charge in [0.1, 0.15) is 5.75 Å². The summed E-state index contributed by atoms with van der Waals surface area (Å²) >= 11 is 0. The van der Waals surface area contributed by atoms with E-state index >= 15 is 0 Å². The average molecular weight is 391 g/mol. The van der Waals surface area contributed by atoms with Crippen molar-refractivity contribution in [1.29, 1.82) is 0 Å². The highest BCUT2D eigenvalue weighted by Crippen LogP contribution is 2.28. The van der Waals surface area contributed by atoms with Crippen molar-refractivity contribution in [3.63, 3.8) is 0 Å². The molecule has 2 aromatic carbocycles. The summed E-state index contributed by atoms with van der Waals surface area (Å²) in [5.41, 5.74) is 2.67. The molecule has 0 radical (unpaired) electrons. The molecule has 3 rings (SSSR count). The molecule has 3 aromatic rings. The van der Waals surface area contributed by atoms with Gasteiger partial charge in [0, 0.05) is 11.8 Å². The normalized spacial score (nSPS) is 11.4. The van der Waals surface area contributed by atoms with Gasteiger partial charge in [0.2, 0.25) is 6.10 Å². The Bertz CT molecular complexity index is 1000. The molecule has 0 aliphatic rings. The number of anilines is 1. The van der Waals surface area contributed by atoms with Crippen LogP contribution in [0.2, 0.25) is 0 Å². The average Bonchev–Trinajstić information content (AvgIpc) is 2.73. The van der Waals surface area contributed by atoms with Crippen molar-refractivity contribution in [2.75, 3.05) is 12.4 Å². The van der Waals surface area contributed by atoms with Gasteiger partial charge >= 0.3 is 5.97 Å². The van der Waals surface area contributed by atoms with E-state index in [0.29, 0.717) is 22.7 Å². The lowest BCUT2D eigenvalue weighted by Gasteiger charge is -2.19. The number of aromatic nitrogens is 2. The fourth-order valence-corrected chi connectivity index (χ4v) is 2.68. The number of ether oxygens (including phenoxy) is 2. The van der Waals surface area contributed by atoms with Crippen molar-refractivity contribution >= 4 is 17.6 Å². The van der Waals surface area contributed by atoms with Crippen LogP contribution in [-0.4, -0.2) is 29.0 Å². The van der Waals surface area contributed by atoms with Crippen LogP contribution in [0, 0.1) is 13.8 Å². The topological polar surface area (TPSA) is 90.4 Å². The summed E-state index contributed by atoms with van der Waals surface area (Å²) in [6.07, 6.45) is 1.62. The van der Waals surface area contributed by atoms with E-state index in [1.165, 1.54) is 19.5 Å². The Morgan fingerprint density at radius 2 is 1.76 bits per heavy atom. The number of carbonyl (C=O) groups is 2. The van der Waals surface area contributed by atoms with Crippen LogP contribution in [0.25, 0.3) is 0 Å². The zero-order valence-electron chi connectivity index (χ0n) is 16.4. The minimum Gasteiger partial charge on any atom is -0.495 e. The van der Waals surface area contributed by atoms with E-state index in [1.54, 1.807) is 43.3 Å². The van der Waals surface area contributed by atoms with E-state index in [-0.39, 0.29) is 5.69 Å². The van der Waals surface area contributed by atoms with E-state index in [1.807, 2.05) is 19.1 Å². The summed E-state index contributed by atoms with van der Waals surface area (Å²) in [5.74, 6) is -0.738. The van der Waals surface area contributed by atoms with Gasteiger partial charge in [-0.25, -0.2) is 9.78 Å². The lowest BCUT2D eigenvalue weighted by molar-refractivity contribution is -0.125. The number of amides is 1. The SMILES string of the molecule is COc1ccc(C)cc1NC(=O)[C@H](OC(=O)c1cnc(C)cn1)c1ccccc1. The number of rotatable bonds is 6. The largest absolute Gasteiger partial charge is 0.495 e. The maximum Gasteiger partial charge on any atom is 0.359 e. The third-order valence-corrected chi connectivity index (χ3v) is 4.17. The molecule has 0 unspecified atom stereocenters. The van der Waals surface area contributed by atoms with E-state index in [9.17, 15) is 9.59 Å². The molecule has 0 aliphatic carbocycles. The zero-order valence-corrected chi connectivity index (χ0v) is 16.4. The number of carbonyl (C=O) groups excluding carboxylic acids is 2. The highest BCUT2D eigenvalue weighted by Gasteiger charge is 2.27. The van der Waals surface area contributed by atoms with Crippen LogP contribution < -0.4 is 10.1 Å². The minimum atomic E-state index is -1.17.